The first-order chi connectivity index (χ1) is 7.95. The monoisotopic (exact) mass is 239 g/mol. The lowest BCUT2D eigenvalue weighted by Gasteiger charge is -2.18. The molecular weight excluding hydrogens is 222 g/mol. The molecule has 0 aliphatic rings. The Morgan fingerprint density at radius 3 is 2.41 bits per heavy atom. The molecule has 1 rings (SSSR count). The van der Waals surface area contributed by atoms with E-state index < -0.39 is 0 Å². The molecule has 0 atom stereocenters. The van der Waals surface area contributed by atoms with Crippen molar-refractivity contribution in [3.8, 4) is 0 Å². The Kier molecular flexibility index (Phi) is 4.28. The number of furan rings is 1. The molecule has 1 aromatic rings. The second-order valence-electron chi connectivity index (χ2n) is 3.92. The molecule has 0 aliphatic heterocycles. The average molecular weight is 239 g/mol. The number of amides is 2. The van der Waals surface area contributed by atoms with Gasteiger partial charge in [-0.2, -0.15) is 0 Å². The predicted octanol–water partition coefficient (Wildman–Crippen LogP) is -0.101. The molecular formula is C11H17N3O3. The van der Waals surface area contributed by atoms with Gasteiger partial charge in [-0.1, -0.05) is 0 Å². The van der Waals surface area contributed by atoms with Crippen LogP contribution in [0, 0.1) is 0 Å². The molecule has 0 radical (unpaired) electrons. The zero-order valence-corrected chi connectivity index (χ0v) is 10.3. The number of hydrogen-bond acceptors (Lipinski definition) is 4. The molecule has 6 nitrogen and oxygen atoms in total. The summed E-state index contributed by atoms with van der Waals surface area (Å²) in [5.41, 5.74) is 5.38. The summed E-state index contributed by atoms with van der Waals surface area (Å²) in [7, 11) is 4.83. The van der Waals surface area contributed by atoms with Crippen molar-refractivity contribution >= 4 is 11.8 Å². The molecule has 2 N–H and O–H groups in total. The fraction of sp³-hybridized carbons (Fsp3) is 0.455. The van der Waals surface area contributed by atoms with Crippen molar-refractivity contribution in [1.29, 1.82) is 0 Å². The molecule has 0 spiro atoms. The molecule has 0 aliphatic carbocycles. The Morgan fingerprint density at radius 2 is 1.94 bits per heavy atom. The van der Waals surface area contributed by atoms with Gasteiger partial charge in [0.05, 0.1) is 13.1 Å². The van der Waals surface area contributed by atoms with Gasteiger partial charge in [0.2, 0.25) is 5.91 Å². The molecule has 0 fully saturated rings. The van der Waals surface area contributed by atoms with Gasteiger partial charge in [-0.25, -0.2) is 0 Å². The second kappa shape index (κ2) is 5.49. The van der Waals surface area contributed by atoms with Crippen molar-refractivity contribution in [2.75, 3.05) is 27.7 Å². The third kappa shape index (κ3) is 3.32. The normalized spacial score (nSPS) is 10.1. The fourth-order valence-electron chi connectivity index (χ4n) is 1.21. The first kappa shape index (κ1) is 13.2. The summed E-state index contributed by atoms with van der Waals surface area (Å²) < 4.78 is 5.22. The number of likely N-dealkylation sites (N-methyl/N-ethyl adjacent to an activating group) is 2. The molecule has 94 valence electrons. The van der Waals surface area contributed by atoms with Crippen LogP contribution in [0.25, 0.3) is 0 Å². The molecule has 0 saturated carbocycles. The maximum atomic E-state index is 11.9. The van der Waals surface area contributed by atoms with Crippen molar-refractivity contribution in [2.45, 2.75) is 6.54 Å². The lowest BCUT2D eigenvalue weighted by molar-refractivity contribution is -0.129. The summed E-state index contributed by atoms with van der Waals surface area (Å²) in [6, 6.07) is 3.20. The summed E-state index contributed by atoms with van der Waals surface area (Å²) >= 11 is 0. The van der Waals surface area contributed by atoms with E-state index in [4.69, 9.17) is 10.2 Å². The zero-order valence-electron chi connectivity index (χ0n) is 10.3. The Morgan fingerprint density at radius 1 is 1.29 bits per heavy atom. The van der Waals surface area contributed by atoms with Crippen molar-refractivity contribution in [3.05, 3.63) is 23.7 Å². The predicted molar refractivity (Wildman–Crippen MR) is 62.3 cm³/mol. The van der Waals surface area contributed by atoms with Gasteiger partial charge >= 0.3 is 0 Å². The van der Waals surface area contributed by atoms with E-state index in [9.17, 15) is 9.59 Å². The standard InChI is InChI=1S/C11H17N3O3/c1-13(2)10(15)7-14(3)11(16)9-5-4-8(6-12)17-9/h4-5H,6-7,12H2,1-3H3. The molecule has 6 heteroatoms. The highest BCUT2D eigenvalue weighted by Gasteiger charge is 2.18. The largest absolute Gasteiger partial charge is 0.455 e. The maximum Gasteiger partial charge on any atom is 0.289 e. The smallest absolute Gasteiger partial charge is 0.289 e. The van der Waals surface area contributed by atoms with Crippen LogP contribution in [-0.4, -0.2) is 49.3 Å². The molecule has 17 heavy (non-hydrogen) atoms. The van der Waals surface area contributed by atoms with E-state index in [1.807, 2.05) is 0 Å². The van der Waals surface area contributed by atoms with Crippen LogP contribution < -0.4 is 5.73 Å². The number of carbonyl (C=O) groups is 2. The highest BCUT2D eigenvalue weighted by Crippen LogP contribution is 2.09. The Hall–Kier alpha value is -1.82. The van der Waals surface area contributed by atoms with Crippen LogP contribution in [0.15, 0.2) is 16.5 Å². The van der Waals surface area contributed by atoms with Crippen molar-refractivity contribution in [1.82, 2.24) is 9.80 Å². The van der Waals surface area contributed by atoms with Crippen LogP contribution >= 0.6 is 0 Å². The van der Waals surface area contributed by atoms with E-state index in [1.54, 1.807) is 33.3 Å². The van der Waals surface area contributed by atoms with Gasteiger partial charge in [-0.15, -0.1) is 0 Å². The zero-order chi connectivity index (χ0) is 13.0. The van der Waals surface area contributed by atoms with Crippen LogP contribution in [0.2, 0.25) is 0 Å². The summed E-state index contributed by atoms with van der Waals surface area (Å²) in [6.45, 7) is 0.262. The van der Waals surface area contributed by atoms with Crippen LogP contribution in [0.3, 0.4) is 0 Å². The summed E-state index contributed by atoms with van der Waals surface area (Å²) in [5.74, 6) is 0.256. The number of carbonyl (C=O) groups excluding carboxylic acids is 2. The first-order valence-corrected chi connectivity index (χ1v) is 5.20. The third-order valence-electron chi connectivity index (χ3n) is 2.29. The van der Waals surface area contributed by atoms with Gasteiger partial charge in [0.25, 0.3) is 5.91 Å². The lowest BCUT2D eigenvalue weighted by atomic mass is 10.3. The van der Waals surface area contributed by atoms with E-state index in [0.717, 1.165) is 0 Å². The third-order valence-corrected chi connectivity index (χ3v) is 2.29. The van der Waals surface area contributed by atoms with Crippen molar-refractivity contribution in [3.63, 3.8) is 0 Å². The summed E-state index contributed by atoms with van der Waals surface area (Å²) in [4.78, 5) is 26.0. The minimum atomic E-state index is -0.333. The van der Waals surface area contributed by atoms with Crippen LogP contribution in [-0.2, 0) is 11.3 Å². The fourth-order valence-corrected chi connectivity index (χ4v) is 1.21. The lowest BCUT2D eigenvalue weighted by Crippen LogP contribution is -2.37. The van der Waals surface area contributed by atoms with Gasteiger partial charge in [-0.05, 0) is 12.1 Å². The summed E-state index contributed by atoms with van der Waals surface area (Å²) in [5, 5.41) is 0. The molecule has 1 aromatic heterocycles. The number of hydrogen-bond donors (Lipinski definition) is 1. The van der Waals surface area contributed by atoms with E-state index >= 15 is 0 Å². The van der Waals surface area contributed by atoms with Gasteiger partial charge in [0.15, 0.2) is 5.76 Å². The first-order valence-electron chi connectivity index (χ1n) is 5.20. The molecule has 0 aromatic carbocycles. The molecule has 0 saturated heterocycles. The van der Waals surface area contributed by atoms with E-state index in [0.29, 0.717) is 5.76 Å². The SMILES string of the molecule is CN(C)C(=O)CN(C)C(=O)c1ccc(CN)o1. The molecule has 0 unspecified atom stereocenters. The Balaban J connectivity index is 2.66. The maximum absolute atomic E-state index is 11.9. The van der Waals surface area contributed by atoms with E-state index in [2.05, 4.69) is 0 Å². The quantitative estimate of drug-likeness (QED) is 0.795. The average Bonchev–Trinajstić information content (AvgIpc) is 2.76. The number of rotatable bonds is 4. The number of nitrogens with zero attached hydrogens (tertiary/aromatic N) is 2. The van der Waals surface area contributed by atoms with E-state index in [-0.39, 0.29) is 30.7 Å². The molecule has 0 bridgehead atoms. The molecule has 1 heterocycles. The topological polar surface area (TPSA) is 79.8 Å². The summed E-state index contributed by atoms with van der Waals surface area (Å²) in [6.07, 6.45) is 0. The van der Waals surface area contributed by atoms with Gasteiger partial charge in [-0.3, -0.25) is 9.59 Å². The minimum Gasteiger partial charge on any atom is -0.455 e. The van der Waals surface area contributed by atoms with Gasteiger partial charge in [0, 0.05) is 21.1 Å². The highest BCUT2D eigenvalue weighted by molar-refractivity contribution is 5.94. The van der Waals surface area contributed by atoms with Crippen molar-refractivity contribution < 1.29 is 14.0 Å². The second-order valence-corrected chi connectivity index (χ2v) is 3.92. The Bertz CT molecular complexity index is 412. The Labute approximate surface area is 100.0 Å². The van der Waals surface area contributed by atoms with Crippen LogP contribution in [0.5, 0.6) is 0 Å². The van der Waals surface area contributed by atoms with Gasteiger partial charge < -0.3 is 20.0 Å². The highest BCUT2D eigenvalue weighted by atomic mass is 16.4. The van der Waals surface area contributed by atoms with E-state index in [1.165, 1.54) is 9.80 Å². The number of nitrogens with two attached hydrogens (primary N) is 1. The van der Waals surface area contributed by atoms with Crippen LogP contribution in [0.4, 0.5) is 0 Å². The molecule has 2 amide bonds. The minimum absolute atomic E-state index is 0.0183. The van der Waals surface area contributed by atoms with Crippen molar-refractivity contribution in [2.24, 2.45) is 5.73 Å². The van der Waals surface area contributed by atoms with Gasteiger partial charge in [0.1, 0.15) is 5.76 Å². The van der Waals surface area contributed by atoms with Crippen LogP contribution in [0.1, 0.15) is 16.3 Å².